The normalized spacial score (nSPS) is 36.0. The predicted octanol–water partition coefficient (Wildman–Crippen LogP) is 1.41. The summed E-state index contributed by atoms with van der Waals surface area (Å²) in [6, 6.07) is 0.455. The molecule has 2 N–H and O–H groups in total. The molecule has 0 aromatic rings. The van der Waals surface area contributed by atoms with E-state index in [0.717, 1.165) is 38.8 Å². The van der Waals surface area contributed by atoms with Gasteiger partial charge in [-0.05, 0) is 65.7 Å². The minimum absolute atomic E-state index is 0.143. The molecular formula is C16H30N2O3. The van der Waals surface area contributed by atoms with Crippen LogP contribution in [0.2, 0.25) is 0 Å². The summed E-state index contributed by atoms with van der Waals surface area (Å²) in [4.78, 5) is 15.7. The number of hydrogen-bond acceptors (Lipinski definition) is 4. The molecule has 0 bridgehead atoms. The molecule has 5 nitrogen and oxygen atoms in total. The minimum Gasteiger partial charge on any atom is -0.481 e. The summed E-state index contributed by atoms with van der Waals surface area (Å²) in [6.45, 7) is 3.76. The summed E-state index contributed by atoms with van der Waals surface area (Å²) in [6.07, 6.45) is 4.97. The monoisotopic (exact) mass is 298 g/mol. The first-order valence-electron chi connectivity index (χ1n) is 8.23. The molecule has 21 heavy (non-hydrogen) atoms. The highest BCUT2D eigenvalue weighted by molar-refractivity contribution is 5.70. The Balaban J connectivity index is 2.04. The van der Waals surface area contributed by atoms with Crippen LogP contribution in [0.25, 0.3) is 0 Å². The Kier molecular flexibility index (Phi) is 5.28. The summed E-state index contributed by atoms with van der Waals surface area (Å²) >= 11 is 0. The molecule has 0 amide bonds. The Morgan fingerprint density at radius 1 is 1.29 bits per heavy atom. The Morgan fingerprint density at radius 2 is 1.90 bits per heavy atom. The SMILES string of the molecule is CCC1(N2CCC(C(=O)O)CC2)CCC(N(C)C)CC1O. The molecule has 122 valence electrons. The topological polar surface area (TPSA) is 64.0 Å². The van der Waals surface area contributed by atoms with Crippen LogP contribution in [0.5, 0.6) is 0 Å². The number of aliphatic carboxylic acids is 1. The van der Waals surface area contributed by atoms with E-state index in [0.29, 0.717) is 18.9 Å². The van der Waals surface area contributed by atoms with E-state index in [1.165, 1.54) is 0 Å². The Morgan fingerprint density at radius 3 is 2.33 bits per heavy atom. The van der Waals surface area contributed by atoms with Crippen LogP contribution in [-0.2, 0) is 4.79 Å². The number of carbonyl (C=O) groups is 1. The van der Waals surface area contributed by atoms with Crippen molar-refractivity contribution in [2.45, 2.75) is 63.1 Å². The fourth-order valence-corrected chi connectivity index (χ4v) is 4.22. The second-order valence-electron chi connectivity index (χ2n) is 6.96. The molecule has 2 fully saturated rings. The number of carboxylic acid groups (broad SMARTS) is 1. The standard InChI is InChI=1S/C16H30N2O3/c1-4-16(8-5-13(17(2)3)11-14(16)19)18-9-6-12(7-10-18)15(20)21/h12-14,19H,4-11H2,1-3H3,(H,20,21). The average molecular weight is 298 g/mol. The Hall–Kier alpha value is -0.650. The zero-order valence-electron chi connectivity index (χ0n) is 13.6. The molecule has 3 atom stereocenters. The van der Waals surface area contributed by atoms with E-state index in [1.807, 2.05) is 0 Å². The second kappa shape index (κ2) is 6.63. The molecule has 3 unspecified atom stereocenters. The van der Waals surface area contributed by atoms with Crippen molar-refractivity contribution >= 4 is 5.97 Å². The fourth-order valence-electron chi connectivity index (χ4n) is 4.22. The molecule has 2 aliphatic rings. The number of rotatable bonds is 4. The summed E-state index contributed by atoms with van der Waals surface area (Å²) < 4.78 is 0. The van der Waals surface area contributed by atoms with Gasteiger partial charge in [-0.2, -0.15) is 0 Å². The van der Waals surface area contributed by atoms with Crippen LogP contribution in [0.4, 0.5) is 0 Å². The molecule has 0 spiro atoms. The van der Waals surface area contributed by atoms with Crippen LogP contribution in [0.1, 0.15) is 45.4 Å². The maximum absolute atomic E-state index is 11.1. The lowest BCUT2D eigenvalue weighted by molar-refractivity contribution is -0.145. The number of nitrogens with zero attached hydrogens (tertiary/aromatic N) is 2. The molecule has 0 radical (unpaired) electrons. The van der Waals surface area contributed by atoms with Gasteiger partial charge in [0.2, 0.25) is 0 Å². The number of hydrogen-bond donors (Lipinski definition) is 2. The van der Waals surface area contributed by atoms with Gasteiger partial charge in [-0.25, -0.2) is 0 Å². The van der Waals surface area contributed by atoms with Crippen molar-refractivity contribution in [1.82, 2.24) is 9.80 Å². The Labute approximate surface area is 127 Å². The Bertz CT molecular complexity index is 367. The lowest BCUT2D eigenvalue weighted by atomic mass is 9.72. The van der Waals surface area contributed by atoms with E-state index in [-0.39, 0.29) is 17.6 Å². The first-order chi connectivity index (χ1) is 9.90. The highest BCUT2D eigenvalue weighted by atomic mass is 16.4. The number of aliphatic hydroxyl groups excluding tert-OH is 1. The van der Waals surface area contributed by atoms with E-state index in [4.69, 9.17) is 5.11 Å². The van der Waals surface area contributed by atoms with Crippen LogP contribution in [0.15, 0.2) is 0 Å². The van der Waals surface area contributed by atoms with Crippen LogP contribution in [0.3, 0.4) is 0 Å². The van der Waals surface area contributed by atoms with Gasteiger partial charge in [-0.1, -0.05) is 6.92 Å². The number of carboxylic acids is 1. The summed E-state index contributed by atoms with van der Waals surface area (Å²) in [5.41, 5.74) is -0.143. The molecule has 2 rings (SSSR count). The lowest BCUT2D eigenvalue weighted by Crippen LogP contribution is -2.62. The van der Waals surface area contributed by atoms with Gasteiger partial charge in [0, 0.05) is 11.6 Å². The van der Waals surface area contributed by atoms with Crippen LogP contribution in [0, 0.1) is 5.92 Å². The fraction of sp³-hybridized carbons (Fsp3) is 0.938. The first kappa shape index (κ1) is 16.7. The van der Waals surface area contributed by atoms with Crippen molar-refractivity contribution in [3.05, 3.63) is 0 Å². The zero-order valence-corrected chi connectivity index (χ0v) is 13.6. The van der Waals surface area contributed by atoms with Gasteiger partial charge >= 0.3 is 5.97 Å². The number of likely N-dealkylation sites (tertiary alicyclic amines) is 1. The maximum Gasteiger partial charge on any atom is 0.306 e. The van der Waals surface area contributed by atoms with Crippen LogP contribution in [-0.4, -0.2) is 70.9 Å². The lowest BCUT2D eigenvalue weighted by Gasteiger charge is -2.53. The first-order valence-corrected chi connectivity index (χ1v) is 8.23. The number of aliphatic hydroxyl groups is 1. The van der Waals surface area contributed by atoms with Crippen molar-refractivity contribution in [3.8, 4) is 0 Å². The molecule has 1 aliphatic heterocycles. The molecule has 1 saturated carbocycles. The van der Waals surface area contributed by atoms with E-state index in [2.05, 4.69) is 30.8 Å². The third-order valence-corrected chi connectivity index (χ3v) is 5.84. The van der Waals surface area contributed by atoms with Crippen LogP contribution >= 0.6 is 0 Å². The van der Waals surface area contributed by atoms with E-state index in [1.54, 1.807) is 0 Å². The zero-order chi connectivity index (χ0) is 15.6. The largest absolute Gasteiger partial charge is 0.481 e. The van der Waals surface area contributed by atoms with Gasteiger partial charge in [0.15, 0.2) is 0 Å². The maximum atomic E-state index is 11.1. The van der Waals surface area contributed by atoms with Gasteiger partial charge in [0.1, 0.15) is 0 Å². The van der Waals surface area contributed by atoms with Crippen molar-refractivity contribution in [3.63, 3.8) is 0 Å². The summed E-state index contributed by atoms with van der Waals surface area (Å²) in [5, 5.41) is 19.9. The molecule has 1 saturated heterocycles. The van der Waals surface area contributed by atoms with Gasteiger partial charge in [-0.15, -0.1) is 0 Å². The predicted molar refractivity (Wildman–Crippen MR) is 82.3 cm³/mol. The van der Waals surface area contributed by atoms with Gasteiger partial charge in [0.25, 0.3) is 0 Å². The van der Waals surface area contributed by atoms with Crippen molar-refractivity contribution < 1.29 is 15.0 Å². The molecule has 0 aromatic heterocycles. The summed E-state index contributed by atoms with van der Waals surface area (Å²) in [5.74, 6) is -0.873. The van der Waals surface area contributed by atoms with Gasteiger partial charge < -0.3 is 15.1 Å². The third-order valence-electron chi connectivity index (χ3n) is 5.84. The van der Waals surface area contributed by atoms with E-state index >= 15 is 0 Å². The smallest absolute Gasteiger partial charge is 0.306 e. The molecule has 5 heteroatoms. The highest BCUT2D eigenvalue weighted by Gasteiger charge is 2.47. The van der Waals surface area contributed by atoms with Crippen molar-refractivity contribution in [2.24, 2.45) is 5.92 Å². The molecule has 0 aromatic carbocycles. The van der Waals surface area contributed by atoms with E-state index in [9.17, 15) is 9.90 Å². The van der Waals surface area contributed by atoms with Crippen molar-refractivity contribution in [2.75, 3.05) is 27.2 Å². The van der Waals surface area contributed by atoms with E-state index < -0.39 is 5.97 Å². The van der Waals surface area contributed by atoms with Crippen molar-refractivity contribution in [1.29, 1.82) is 0 Å². The third kappa shape index (κ3) is 3.25. The molecular weight excluding hydrogens is 268 g/mol. The second-order valence-corrected chi connectivity index (χ2v) is 6.96. The van der Waals surface area contributed by atoms with Gasteiger partial charge in [-0.3, -0.25) is 9.69 Å². The van der Waals surface area contributed by atoms with Gasteiger partial charge in [0.05, 0.1) is 12.0 Å². The average Bonchev–Trinajstić information content (AvgIpc) is 2.47. The highest BCUT2D eigenvalue weighted by Crippen LogP contribution is 2.39. The summed E-state index contributed by atoms with van der Waals surface area (Å²) in [7, 11) is 4.16. The number of piperidine rings is 1. The minimum atomic E-state index is -0.669. The van der Waals surface area contributed by atoms with Crippen LogP contribution < -0.4 is 0 Å². The quantitative estimate of drug-likeness (QED) is 0.821. The molecule has 1 heterocycles. The molecule has 1 aliphatic carbocycles.